The average Bonchev–Trinajstić information content (AvgIpc) is 2.33. The lowest BCUT2D eigenvalue weighted by atomic mass is 10.1. The van der Waals surface area contributed by atoms with Crippen molar-refractivity contribution in [2.24, 2.45) is 0 Å². The van der Waals surface area contributed by atoms with Gasteiger partial charge in [0.1, 0.15) is 0 Å². The lowest BCUT2D eigenvalue weighted by molar-refractivity contribution is 0.275. The van der Waals surface area contributed by atoms with E-state index in [1.807, 2.05) is 0 Å². The van der Waals surface area contributed by atoms with Gasteiger partial charge in [-0.15, -0.1) is 0 Å². The summed E-state index contributed by atoms with van der Waals surface area (Å²) in [4.78, 5) is 21.6. The number of aryl methyl sites for hydroxylation is 1. The maximum absolute atomic E-state index is 8.88. The summed E-state index contributed by atoms with van der Waals surface area (Å²) in [5.74, 6) is 0. The van der Waals surface area contributed by atoms with E-state index in [-0.39, 0.29) is 0 Å². The predicted octanol–water partition coefficient (Wildman–Crippen LogP) is 3.66. The van der Waals surface area contributed by atoms with E-state index >= 15 is 0 Å². The van der Waals surface area contributed by atoms with Gasteiger partial charge in [-0.05, 0) is 18.4 Å². The Morgan fingerprint density at radius 3 is 1.89 bits per heavy atom. The van der Waals surface area contributed by atoms with Crippen molar-refractivity contribution in [1.29, 1.82) is 0 Å². The molecule has 110 valence electrons. The zero-order chi connectivity index (χ0) is 14.6. The Hall–Kier alpha value is -0.670. The number of unbranched alkanes of at least 4 members (excludes halogenated alkanes) is 5. The smallest absolute Gasteiger partial charge is 0.303 e. The van der Waals surface area contributed by atoms with Crippen LogP contribution in [-0.2, 0) is 11.0 Å². The number of hydrogen-bond donors (Lipinski definition) is 3. The molecule has 0 fully saturated rings. The first kappa shape index (κ1) is 18.3. The third-order valence-corrected chi connectivity index (χ3v) is 2.66. The van der Waals surface area contributed by atoms with Crippen molar-refractivity contribution in [3.63, 3.8) is 0 Å². The Bertz CT molecular complexity index is 339. The van der Waals surface area contributed by atoms with E-state index in [2.05, 4.69) is 37.3 Å². The summed E-state index contributed by atoms with van der Waals surface area (Å²) in [7, 11) is -4.64. The first-order chi connectivity index (χ1) is 8.93. The molecule has 0 spiro atoms. The fraction of sp³-hybridized carbons (Fsp3) is 0.571. The van der Waals surface area contributed by atoms with Gasteiger partial charge in [-0.3, -0.25) is 0 Å². The van der Waals surface area contributed by atoms with Gasteiger partial charge < -0.3 is 14.7 Å². The monoisotopic (exact) mass is 288 g/mol. The van der Waals surface area contributed by atoms with E-state index in [0.717, 1.165) is 0 Å². The van der Waals surface area contributed by atoms with Crippen LogP contribution in [0.15, 0.2) is 30.3 Å². The van der Waals surface area contributed by atoms with E-state index in [1.54, 1.807) is 0 Å². The third-order valence-electron chi connectivity index (χ3n) is 2.66. The number of rotatable bonds is 7. The van der Waals surface area contributed by atoms with E-state index in [9.17, 15) is 0 Å². The molecule has 0 aliphatic heterocycles. The molecule has 0 unspecified atom stereocenters. The van der Waals surface area contributed by atoms with E-state index in [4.69, 9.17) is 19.2 Å². The van der Waals surface area contributed by atoms with Crippen LogP contribution in [0.5, 0.6) is 0 Å². The van der Waals surface area contributed by atoms with E-state index < -0.39 is 7.82 Å². The second-order valence-electron chi connectivity index (χ2n) is 4.52. The standard InChI is InChI=1S/C14H22.H3O4P/c1-2-3-4-5-6-8-11-14-12-9-7-10-13-14;1-5(2,3)4/h7,9-10,12-13H,2-6,8,11H2,1H3;(H3,1,2,3,4). The second-order valence-corrected chi connectivity index (χ2v) is 5.54. The van der Waals surface area contributed by atoms with Crippen LogP contribution in [0.1, 0.15) is 51.0 Å². The Balaban J connectivity index is 0.000000555. The molecule has 0 aromatic heterocycles. The van der Waals surface area contributed by atoms with Crippen molar-refractivity contribution in [2.45, 2.75) is 51.9 Å². The van der Waals surface area contributed by atoms with Gasteiger partial charge in [-0.1, -0.05) is 69.4 Å². The topological polar surface area (TPSA) is 77.8 Å². The molecule has 0 aliphatic carbocycles. The highest BCUT2D eigenvalue weighted by Crippen LogP contribution is 2.25. The molecular formula is C14H25O4P. The summed E-state index contributed by atoms with van der Waals surface area (Å²) in [6, 6.07) is 10.8. The Kier molecular flexibility index (Phi) is 10.8. The molecule has 0 saturated heterocycles. The van der Waals surface area contributed by atoms with Gasteiger partial charge in [0.2, 0.25) is 0 Å². The Labute approximate surface area is 115 Å². The molecule has 0 amide bonds. The van der Waals surface area contributed by atoms with Crippen LogP contribution < -0.4 is 0 Å². The number of phosphoric acid groups is 1. The first-order valence-corrected chi connectivity index (χ1v) is 8.32. The third kappa shape index (κ3) is 17.3. The molecule has 1 aromatic carbocycles. The molecule has 1 aromatic rings. The molecule has 0 aliphatic rings. The van der Waals surface area contributed by atoms with Crippen LogP contribution in [-0.4, -0.2) is 14.7 Å². The van der Waals surface area contributed by atoms with Crippen molar-refractivity contribution in [3.05, 3.63) is 35.9 Å². The first-order valence-electron chi connectivity index (χ1n) is 6.75. The van der Waals surface area contributed by atoms with Gasteiger partial charge in [0.15, 0.2) is 0 Å². The number of benzene rings is 1. The minimum absolute atomic E-state index is 1.26. The van der Waals surface area contributed by atoms with Gasteiger partial charge in [0.25, 0.3) is 0 Å². The second kappa shape index (κ2) is 11.2. The molecule has 4 nitrogen and oxygen atoms in total. The predicted molar refractivity (Wildman–Crippen MR) is 77.8 cm³/mol. The van der Waals surface area contributed by atoms with Crippen LogP contribution in [0.4, 0.5) is 0 Å². The van der Waals surface area contributed by atoms with Crippen molar-refractivity contribution in [1.82, 2.24) is 0 Å². The molecule has 3 N–H and O–H groups in total. The minimum Gasteiger partial charge on any atom is -0.303 e. The Morgan fingerprint density at radius 1 is 0.895 bits per heavy atom. The van der Waals surface area contributed by atoms with Crippen molar-refractivity contribution < 1.29 is 19.2 Å². The van der Waals surface area contributed by atoms with Crippen LogP contribution in [0.3, 0.4) is 0 Å². The highest BCUT2D eigenvalue weighted by molar-refractivity contribution is 7.45. The molecular weight excluding hydrogens is 263 g/mol. The zero-order valence-corrected chi connectivity index (χ0v) is 12.4. The quantitative estimate of drug-likeness (QED) is 0.528. The highest BCUT2D eigenvalue weighted by Gasteiger charge is 2.00. The summed E-state index contributed by atoms with van der Waals surface area (Å²) in [5, 5.41) is 0. The van der Waals surface area contributed by atoms with Gasteiger partial charge in [-0.25, -0.2) is 4.57 Å². The van der Waals surface area contributed by atoms with Crippen LogP contribution in [0, 0.1) is 0 Å². The summed E-state index contributed by atoms with van der Waals surface area (Å²) in [6.45, 7) is 2.27. The lowest BCUT2D eigenvalue weighted by Crippen LogP contribution is -1.85. The molecule has 0 bridgehead atoms. The minimum atomic E-state index is -4.64. The van der Waals surface area contributed by atoms with Crippen LogP contribution >= 0.6 is 7.82 Å². The fourth-order valence-corrected chi connectivity index (χ4v) is 1.75. The molecule has 0 saturated carbocycles. The SMILES string of the molecule is CCCCCCCCc1ccccc1.O=P(O)(O)O. The summed E-state index contributed by atoms with van der Waals surface area (Å²) >= 11 is 0. The molecule has 0 heterocycles. The summed E-state index contributed by atoms with van der Waals surface area (Å²) < 4.78 is 8.88. The molecule has 0 atom stereocenters. The Morgan fingerprint density at radius 2 is 1.37 bits per heavy atom. The maximum atomic E-state index is 8.88. The highest BCUT2D eigenvalue weighted by atomic mass is 31.2. The van der Waals surface area contributed by atoms with Gasteiger partial charge in [0, 0.05) is 0 Å². The number of hydrogen-bond acceptors (Lipinski definition) is 1. The summed E-state index contributed by atoms with van der Waals surface area (Å²) in [6.07, 6.45) is 9.60. The van der Waals surface area contributed by atoms with Crippen molar-refractivity contribution in [2.75, 3.05) is 0 Å². The van der Waals surface area contributed by atoms with E-state index in [0.29, 0.717) is 0 Å². The van der Waals surface area contributed by atoms with E-state index in [1.165, 1.54) is 50.5 Å². The molecule has 5 heteroatoms. The molecule has 1 rings (SSSR count). The maximum Gasteiger partial charge on any atom is 0.466 e. The molecule has 19 heavy (non-hydrogen) atoms. The van der Waals surface area contributed by atoms with Gasteiger partial charge in [-0.2, -0.15) is 0 Å². The van der Waals surface area contributed by atoms with Gasteiger partial charge in [0.05, 0.1) is 0 Å². The molecule has 0 radical (unpaired) electrons. The zero-order valence-electron chi connectivity index (χ0n) is 11.5. The van der Waals surface area contributed by atoms with Crippen molar-refractivity contribution in [3.8, 4) is 0 Å². The largest absolute Gasteiger partial charge is 0.466 e. The van der Waals surface area contributed by atoms with Crippen molar-refractivity contribution >= 4 is 7.82 Å². The van der Waals surface area contributed by atoms with Gasteiger partial charge >= 0.3 is 7.82 Å². The fourth-order valence-electron chi connectivity index (χ4n) is 1.75. The normalized spacial score (nSPS) is 10.7. The lowest BCUT2D eigenvalue weighted by Gasteiger charge is -2.01. The average molecular weight is 288 g/mol. The van der Waals surface area contributed by atoms with Crippen LogP contribution in [0.2, 0.25) is 0 Å². The summed E-state index contributed by atoms with van der Waals surface area (Å²) in [5.41, 5.74) is 1.49. The van der Waals surface area contributed by atoms with Crippen LogP contribution in [0.25, 0.3) is 0 Å².